The Morgan fingerprint density at radius 2 is 1.94 bits per heavy atom. The number of hydrogen-bond donors (Lipinski definition) is 1. The van der Waals surface area contributed by atoms with Gasteiger partial charge in [-0.05, 0) is 38.0 Å². The summed E-state index contributed by atoms with van der Waals surface area (Å²) in [6, 6.07) is 5.76. The molecule has 10 heteroatoms. The Morgan fingerprint density at radius 1 is 1.21 bits per heavy atom. The fourth-order valence-electron chi connectivity index (χ4n) is 4.27. The van der Waals surface area contributed by atoms with Gasteiger partial charge in [-0.3, -0.25) is 9.59 Å². The second kappa shape index (κ2) is 9.40. The molecular weight excluding hydrogens is 447 g/mol. The van der Waals surface area contributed by atoms with E-state index in [1.54, 1.807) is 34.9 Å². The van der Waals surface area contributed by atoms with E-state index in [1.807, 2.05) is 13.8 Å². The number of halogens is 1. The Hall–Kier alpha value is -3.11. The number of aromatic hydroxyl groups is 1. The van der Waals surface area contributed by atoms with E-state index >= 15 is 0 Å². The van der Waals surface area contributed by atoms with Gasteiger partial charge in [0.1, 0.15) is 10.8 Å². The molecule has 0 aliphatic carbocycles. The molecule has 2 aromatic heterocycles. The lowest BCUT2D eigenvalue weighted by Gasteiger charge is -2.41. The quantitative estimate of drug-likeness (QED) is 0.567. The Kier molecular flexibility index (Phi) is 6.57. The van der Waals surface area contributed by atoms with Crippen LogP contribution < -0.4 is 5.43 Å². The summed E-state index contributed by atoms with van der Waals surface area (Å²) in [5.41, 5.74) is 0.380. The van der Waals surface area contributed by atoms with E-state index in [4.69, 9.17) is 4.74 Å². The van der Waals surface area contributed by atoms with E-state index in [9.17, 15) is 19.1 Å². The normalized spacial score (nSPS) is 17.9. The number of fused-ring (bicyclic) bond motifs is 1. The maximum atomic E-state index is 13.2. The van der Waals surface area contributed by atoms with Gasteiger partial charge in [-0.1, -0.05) is 23.5 Å². The topological polar surface area (TPSA) is 97.5 Å². The minimum absolute atomic E-state index is 0.0131. The van der Waals surface area contributed by atoms with Gasteiger partial charge in [-0.15, -0.1) is 10.2 Å². The van der Waals surface area contributed by atoms with Crippen molar-refractivity contribution >= 4 is 17.2 Å². The lowest BCUT2D eigenvalue weighted by atomic mass is 9.98. The van der Waals surface area contributed by atoms with E-state index in [1.165, 1.54) is 23.5 Å². The molecule has 2 unspecified atom stereocenters. The predicted molar refractivity (Wildman–Crippen MR) is 122 cm³/mol. The van der Waals surface area contributed by atoms with Crippen molar-refractivity contribution in [2.45, 2.75) is 38.8 Å². The van der Waals surface area contributed by atoms with Crippen LogP contribution in [0.1, 0.15) is 47.4 Å². The van der Waals surface area contributed by atoms with Crippen LogP contribution in [0.3, 0.4) is 0 Å². The van der Waals surface area contributed by atoms with Crippen LogP contribution in [0.4, 0.5) is 4.39 Å². The van der Waals surface area contributed by atoms with Crippen molar-refractivity contribution in [3.05, 3.63) is 62.8 Å². The highest BCUT2D eigenvalue weighted by molar-refractivity contribution is 7.14. The zero-order chi connectivity index (χ0) is 23.7. The van der Waals surface area contributed by atoms with Crippen molar-refractivity contribution in [3.8, 4) is 16.3 Å². The van der Waals surface area contributed by atoms with E-state index in [0.29, 0.717) is 36.0 Å². The molecule has 0 bridgehead atoms. The second-order valence-electron chi connectivity index (χ2n) is 7.96. The molecule has 1 aliphatic heterocycles. The van der Waals surface area contributed by atoms with Crippen LogP contribution in [-0.2, 0) is 11.2 Å². The summed E-state index contributed by atoms with van der Waals surface area (Å²) < 4.78 is 20.1. The Morgan fingerprint density at radius 3 is 2.61 bits per heavy atom. The minimum Gasteiger partial charge on any atom is -0.503 e. The molecule has 2 atom stereocenters. The van der Waals surface area contributed by atoms with Gasteiger partial charge in [0.05, 0.1) is 17.6 Å². The van der Waals surface area contributed by atoms with Gasteiger partial charge in [0.15, 0.2) is 16.5 Å². The highest BCUT2D eigenvalue weighted by Gasteiger charge is 2.39. The minimum atomic E-state index is -0.657. The number of pyridine rings is 1. The molecule has 1 aliphatic rings. The van der Waals surface area contributed by atoms with Crippen molar-refractivity contribution in [2.75, 3.05) is 20.3 Å². The van der Waals surface area contributed by atoms with Crippen LogP contribution in [0.5, 0.6) is 5.75 Å². The van der Waals surface area contributed by atoms with Gasteiger partial charge in [0, 0.05) is 32.9 Å². The van der Waals surface area contributed by atoms with Gasteiger partial charge >= 0.3 is 0 Å². The van der Waals surface area contributed by atoms with Gasteiger partial charge in [-0.25, -0.2) is 4.39 Å². The molecule has 0 spiro atoms. The van der Waals surface area contributed by atoms with E-state index in [0.717, 1.165) is 5.56 Å². The number of rotatable bonds is 7. The summed E-state index contributed by atoms with van der Waals surface area (Å²) in [6.45, 7) is 4.74. The third kappa shape index (κ3) is 4.28. The first kappa shape index (κ1) is 23.1. The average molecular weight is 473 g/mol. The maximum Gasteiger partial charge on any atom is 0.274 e. The molecule has 1 aromatic carbocycles. The summed E-state index contributed by atoms with van der Waals surface area (Å²) in [4.78, 5) is 27.7. The molecule has 1 amide bonds. The van der Waals surface area contributed by atoms with Crippen LogP contribution >= 0.6 is 11.3 Å². The lowest BCUT2D eigenvalue weighted by Crippen LogP contribution is -2.50. The zero-order valence-corrected chi connectivity index (χ0v) is 19.4. The highest BCUT2D eigenvalue weighted by atomic mass is 32.1. The summed E-state index contributed by atoms with van der Waals surface area (Å²) in [5, 5.41) is 20.1. The first-order valence-electron chi connectivity index (χ1n) is 10.7. The highest BCUT2D eigenvalue weighted by Crippen LogP contribution is 2.35. The number of hydrogen-bond acceptors (Lipinski definition) is 7. The molecule has 0 radical (unpaired) electrons. The summed E-state index contributed by atoms with van der Waals surface area (Å²) in [5.74, 6) is -1.28. The number of nitrogens with zero attached hydrogens (tertiary/aromatic N) is 4. The fourth-order valence-corrected chi connectivity index (χ4v) is 5.15. The van der Waals surface area contributed by atoms with Crippen LogP contribution in [0.2, 0.25) is 0 Å². The number of benzene rings is 1. The van der Waals surface area contributed by atoms with Crippen LogP contribution in [-0.4, -0.2) is 57.0 Å². The maximum absolute atomic E-state index is 13.2. The van der Waals surface area contributed by atoms with E-state index in [2.05, 4.69) is 10.2 Å². The largest absolute Gasteiger partial charge is 0.503 e. The molecule has 3 aromatic rings. The number of aromatic nitrogens is 3. The molecule has 33 heavy (non-hydrogen) atoms. The predicted octanol–water partition coefficient (Wildman–Crippen LogP) is 3.24. The standard InChI is InChI=1S/C23H25FN4O4S/c1-4-27-13(2)17(9-10-32-3)28-12-16(20(29)21(30)19(28)23(27)31)22-26-25-18(33-22)11-14-5-7-15(24)8-6-14/h5-8,12-13,17,30H,4,9-11H2,1-3H3. The Bertz CT molecular complexity index is 1220. The van der Waals surface area contributed by atoms with Crippen molar-refractivity contribution < 1.29 is 19.0 Å². The number of likely N-dealkylation sites (N-methyl/N-ethyl adjacent to an activating group) is 1. The molecule has 1 N–H and O–H groups in total. The van der Waals surface area contributed by atoms with Gasteiger partial charge in [0.25, 0.3) is 5.91 Å². The summed E-state index contributed by atoms with van der Waals surface area (Å²) in [7, 11) is 1.61. The summed E-state index contributed by atoms with van der Waals surface area (Å²) in [6.07, 6.45) is 2.64. The first-order valence-corrected chi connectivity index (χ1v) is 11.5. The van der Waals surface area contributed by atoms with Crippen LogP contribution in [0.25, 0.3) is 10.6 Å². The van der Waals surface area contributed by atoms with Crippen molar-refractivity contribution in [3.63, 3.8) is 0 Å². The Balaban J connectivity index is 1.76. The third-order valence-electron chi connectivity index (χ3n) is 6.00. The van der Waals surface area contributed by atoms with E-state index < -0.39 is 11.2 Å². The molecule has 0 fully saturated rings. The molecule has 174 valence electrons. The third-order valence-corrected chi connectivity index (χ3v) is 6.96. The molecule has 0 saturated heterocycles. The van der Waals surface area contributed by atoms with Crippen molar-refractivity contribution in [1.82, 2.24) is 19.7 Å². The molecular formula is C23H25FN4O4S. The fraction of sp³-hybridized carbons (Fsp3) is 0.391. The molecule has 8 nitrogen and oxygen atoms in total. The smallest absolute Gasteiger partial charge is 0.274 e. The molecule has 3 heterocycles. The first-order chi connectivity index (χ1) is 15.8. The van der Waals surface area contributed by atoms with E-state index in [-0.39, 0.29) is 35.1 Å². The van der Waals surface area contributed by atoms with Gasteiger partial charge in [0.2, 0.25) is 5.43 Å². The SMILES string of the molecule is CCN1C(=O)c2c(O)c(=O)c(-c3nnc(Cc4ccc(F)cc4)s3)cn2C(CCOC)C1C. The number of ether oxygens (including phenoxy) is 1. The molecule has 4 rings (SSSR count). The number of methoxy groups -OCH3 is 1. The number of amides is 1. The average Bonchev–Trinajstić information content (AvgIpc) is 3.25. The van der Waals surface area contributed by atoms with Crippen LogP contribution in [0.15, 0.2) is 35.3 Å². The zero-order valence-electron chi connectivity index (χ0n) is 18.6. The summed E-state index contributed by atoms with van der Waals surface area (Å²) >= 11 is 1.22. The second-order valence-corrected chi connectivity index (χ2v) is 9.02. The monoisotopic (exact) mass is 472 g/mol. The Labute approximate surface area is 194 Å². The molecule has 0 saturated carbocycles. The van der Waals surface area contributed by atoms with Crippen molar-refractivity contribution in [2.24, 2.45) is 0 Å². The van der Waals surface area contributed by atoms with Crippen molar-refractivity contribution in [1.29, 1.82) is 0 Å². The number of carbonyl (C=O) groups is 1. The van der Waals surface area contributed by atoms with Gasteiger partial charge < -0.3 is 19.3 Å². The van der Waals surface area contributed by atoms with Crippen LogP contribution in [0, 0.1) is 5.82 Å². The van der Waals surface area contributed by atoms with Gasteiger partial charge in [-0.2, -0.15) is 0 Å². The lowest BCUT2D eigenvalue weighted by molar-refractivity contribution is 0.0509. The number of carbonyl (C=O) groups excluding carboxylic acids is 1.